The van der Waals surface area contributed by atoms with Crippen LogP contribution in [0, 0.1) is 0 Å². The molecule has 0 amide bonds. The van der Waals surface area contributed by atoms with Crippen molar-refractivity contribution in [2.24, 2.45) is 0 Å². The van der Waals surface area contributed by atoms with E-state index in [2.05, 4.69) is 36.0 Å². The Morgan fingerprint density at radius 3 is 2.50 bits per heavy atom. The molecule has 0 atom stereocenters. The van der Waals surface area contributed by atoms with E-state index in [9.17, 15) is 4.79 Å². The van der Waals surface area contributed by atoms with Crippen LogP contribution >= 0.6 is 11.8 Å². The molecule has 1 aromatic rings. The molecule has 0 aromatic heterocycles. The quantitative estimate of drug-likeness (QED) is 0.742. The van der Waals surface area contributed by atoms with Crippen molar-refractivity contribution in [3.05, 3.63) is 35.4 Å². The summed E-state index contributed by atoms with van der Waals surface area (Å²) < 4.78 is 0. The highest BCUT2D eigenvalue weighted by molar-refractivity contribution is 7.99. The standard InChI is InChI=1S/C14H18OS/c15-9-1-2-12-3-5-13(6-4-12)14-7-10-16-11-8-14/h3-6,9,14H,1-2,7-8,10-11H2. The molecule has 0 N–H and O–H groups in total. The third kappa shape index (κ3) is 3.11. The van der Waals surface area contributed by atoms with Crippen LogP contribution in [0.25, 0.3) is 0 Å². The van der Waals surface area contributed by atoms with Crippen molar-refractivity contribution in [3.8, 4) is 0 Å². The van der Waals surface area contributed by atoms with Crippen LogP contribution in [-0.4, -0.2) is 17.8 Å². The predicted molar refractivity (Wildman–Crippen MR) is 70.1 cm³/mol. The SMILES string of the molecule is O=CCCc1ccc(C2CCSCC2)cc1. The zero-order chi connectivity index (χ0) is 11.2. The Morgan fingerprint density at radius 2 is 1.88 bits per heavy atom. The lowest BCUT2D eigenvalue weighted by atomic mass is 9.92. The van der Waals surface area contributed by atoms with Gasteiger partial charge in [0.25, 0.3) is 0 Å². The minimum absolute atomic E-state index is 0.638. The molecule has 0 saturated carbocycles. The van der Waals surface area contributed by atoms with Gasteiger partial charge in [0.2, 0.25) is 0 Å². The van der Waals surface area contributed by atoms with Gasteiger partial charge in [0, 0.05) is 6.42 Å². The second-order valence-corrected chi connectivity index (χ2v) is 5.56. The number of thioether (sulfide) groups is 1. The zero-order valence-corrected chi connectivity index (χ0v) is 10.3. The molecule has 2 rings (SSSR count). The normalized spacial score (nSPS) is 17.2. The van der Waals surface area contributed by atoms with E-state index < -0.39 is 0 Å². The van der Waals surface area contributed by atoms with Crippen LogP contribution < -0.4 is 0 Å². The van der Waals surface area contributed by atoms with E-state index in [1.807, 2.05) is 0 Å². The molecule has 1 nitrogen and oxygen atoms in total. The number of aldehydes is 1. The summed E-state index contributed by atoms with van der Waals surface area (Å²) in [5.74, 6) is 3.37. The lowest BCUT2D eigenvalue weighted by Crippen LogP contribution is -2.07. The molecule has 1 aliphatic heterocycles. The van der Waals surface area contributed by atoms with E-state index in [0.717, 1.165) is 18.6 Å². The van der Waals surface area contributed by atoms with Crippen molar-refractivity contribution >= 4 is 18.0 Å². The molecule has 86 valence electrons. The molecular weight excluding hydrogens is 216 g/mol. The van der Waals surface area contributed by atoms with Gasteiger partial charge in [-0.2, -0.15) is 11.8 Å². The number of carbonyl (C=O) groups excluding carboxylic acids is 1. The fraction of sp³-hybridized carbons (Fsp3) is 0.500. The van der Waals surface area contributed by atoms with E-state index in [1.54, 1.807) is 0 Å². The van der Waals surface area contributed by atoms with Gasteiger partial charge in [-0.05, 0) is 47.8 Å². The molecule has 2 heteroatoms. The first kappa shape index (κ1) is 11.7. The van der Waals surface area contributed by atoms with Crippen LogP contribution in [0.1, 0.15) is 36.3 Å². The van der Waals surface area contributed by atoms with Gasteiger partial charge < -0.3 is 4.79 Å². The molecule has 1 aromatic carbocycles. The topological polar surface area (TPSA) is 17.1 Å². The van der Waals surface area contributed by atoms with E-state index in [-0.39, 0.29) is 0 Å². The Hall–Kier alpha value is -0.760. The fourth-order valence-corrected chi connectivity index (χ4v) is 3.32. The Labute approximate surface area is 102 Å². The summed E-state index contributed by atoms with van der Waals surface area (Å²) in [5, 5.41) is 0. The molecule has 0 spiro atoms. The van der Waals surface area contributed by atoms with Gasteiger partial charge >= 0.3 is 0 Å². The third-order valence-corrected chi connectivity index (χ3v) is 4.27. The molecule has 16 heavy (non-hydrogen) atoms. The second-order valence-electron chi connectivity index (χ2n) is 4.33. The summed E-state index contributed by atoms with van der Waals surface area (Å²) in [5.41, 5.74) is 2.76. The first-order chi connectivity index (χ1) is 7.90. The van der Waals surface area contributed by atoms with E-state index in [1.165, 1.54) is 35.5 Å². The number of aryl methyl sites for hydroxylation is 1. The predicted octanol–water partition coefficient (Wildman–Crippen LogP) is 3.43. The zero-order valence-electron chi connectivity index (χ0n) is 9.52. The fourth-order valence-electron chi connectivity index (χ4n) is 2.21. The Morgan fingerprint density at radius 1 is 1.19 bits per heavy atom. The first-order valence-corrected chi connectivity index (χ1v) is 7.16. The molecule has 1 aliphatic rings. The lowest BCUT2D eigenvalue weighted by Gasteiger charge is -2.21. The van der Waals surface area contributed by atoms with Crippen molar-refractivity contribution in [1.82, 2.24) is 0 Å². The lowest BCUT2D eigenvalue weighted by molar-refractivity contribution is -0.107. The summed E-state index contributed by atoms with van der Waals surface area (Å²) in [6.07, 6.45) is 5.15. The van der Waals surface area contributed by atoms with Crippen LogP contribution in [0.5, 0.6) is 0 Å². The summed E-state index contributed by atoms with van der Waals surface area (Å²) in [6.45, 7) is 0. The molecule has 1 heterocycles. The molecule has 0 unspecified atom stereocenters. The highest BCUT2D eigenvalue weighted by atomic mass is 32.2. The summed E-state index contributed by atoms with van der Waals surface area (Å²) in [6, 6.07) is 8.86. The van der Waals surface area contributed by atoms with Crippen molar-refractivity contribution in [1.29, 1.82) is 0 Å². The summed E-state index contributed by atoms with van der Waals surface area (Å²) in [7, 11) is 0. The Kier molecular flexibility index (Phi) is 4.46. The van der Waals surface area contributed by atoms with E-state index >= 15 is 0 Å². The van der Waals surface area contributed by atoms with Gasteiger partial charge in [0.15, 0.2) is 0 Å². The summed E-state index contributed by atoms with van der Waals surface area (Å²) >= 11 is 2.07. The monoisotopic (exact) mass is 234 g/mol. The maximum atomic E-state index is 10.3. The smallest absolute Gasteiger partial charge is 0.120 e. The molecule has 1 saturated heterocycles. The number of benzene rings is 1. The van der Waals surface area contributed by atoms with Crippen LogP contribution in [-0.2, 0) is 11.2 Å². The van der Waals surface area contributed by atoms with Crippen LogP contribution in [0.2, 0.25) is 0 Å². The Bertz CT molecular complexity index is 325. The van der Waals surface area contributed by atoms with Crippen molar-refractivity contribution < 1.29 is 4.79 Å². The maximum absolute atomic E-state index is 10.3. The molecule has 0 aliphatic carbocycles. The number of hydrogen-bond acceptors (Lipinski definition) is 2. The molecule has 1 fully saturated rings. The van der Waals surface area contributed by atoms with Gasteiger partial charge in [-0.1, -0.05) is 24.3 Å². The number of carbonyl (C=O) groups is 1. The van der Waals surface area contributed by atoms with Gasteiger partial charge in [0.05, 0.1) is 0 Å². The second kappa shape index (κ2) is 6.09. The van der Waals surface area contributed by atoms with Gasteiger partial charge in [-0.3, -0.25) is 0 Å². The maximum Gasteiger partial charge on any atom is 0.120 e. The summed E-state index contributed by atoms with van der Waals surface area (Å²) in [4.78, 5) is 10.3. The van der Waals surface area contributed by atoms with E-state index in [4.69, 9.17) is 0 Å². The first-order valence-electron chi connectivity index (χ1n) is 6.00. The van der Waals surface area contributed by atoms with Gasteiger partial charge in [0.1, 0.15) is 6.29 Å². The van der Waals surface area contributed by atoms with Crippen molar-refractivity contribution in [3.63, 3.8) is 0 Å². The average Bonchev–Trinajstić information content (AvgIpc) is 2.38. The largest absolute Gasteiger partial charge is 0.303 e. The highest BCUT2D eigenvalue weighted by Gasteiger charge is 2.15. The van der Waals surface area contributed by atoms with Crippen LogP contribution in [0.15, 0.2) is 24.3 Å². The molecular formula is C14H18OS. The van der Waals surface area contributed by atoms with Gasteiger partial charge in [-0.25, -0.2) is 0 Å². The molecule has 0 bridgehead atoms. The van der Waals surface area contributed by atoms with Crippen LogP contribution in [0.3, 0.4) is 0 Å². The van der Waals surface area contributed by atoms with Crippen molar-refractivity contribution in [2.45, 2.75) is 31.6 Å². The van der Waals surface area contributed by atoms with Crippen LogP contribution in [0.4, 0.5) is 0 Å². The van der Waals surface area contributed by atoms with Crippen molar-refractivity contribution in [2.75, 3.05) is 11.5 Å². The Balaban J connectivity index is 1.97. The minimum atomic E-state index is 0.638. The third-order valence-electron chi connectivity index (χ3n) is 3.22. The number of rotatable bonds is 4. The highest BCUT2D eigenvalue weighted by Crippen LogP contribution is 2.31. The molecule has 0 radical (unpaired) electrons. The minimum Gasteiger partial charge on any atom is -0.303 e. The van der Waals surface area contributed by atoms with E-state index in [0.29, 0.717) is 6.42 Å². The average molecular weight is 234 g/mol. The number of hydrogen-bond donors (Lipinski definition) is 0. The van der Waals surface area contributed by atoms with Gasteiger partial charge in [-0.15, -0.1) is 0 Å².